The highest BCUT2D eigenvalue weighted by Crippen LogP contribution is 2.46. The number of ether oxygens (including phenoxy) is 3. The first-order valence-electron chi connectivity index (χ1n) is 11.7. The lowest BCUT2D eigenvalue weighted by Gasteiger charge is -2.38. The van der Waals surface area contributed by atoms with E-state index < -0.39 is 0 Å². The van der Waals surface area contributed by atoms with Gasteiger partial charge >= 0.3 is 0 Å². The van der Waals surface area contributed by atoms with Crippen LogP contribution in [0.4, 0.5) is 0 Å². The summed E-state index contributed by atoms with van der Waals surface area (Å²) in [5.74, 6) is -0.00979. The number of Topliss-reactive ketones (excluding diaryl/α,β-unsaturated/α-hetero) is 1. The van der Waals surface area contributed by atoms with Crippen LogP contribution in [0.15, 0.2) is 35.6 Å². The van der Waals surface area contributed by atoms with Gasteiger partial charge < -0.3 is 19.1 Å². The van der Waals surface area contributed by atoms with Gasteiger partial charge in [0.15, 0.2) is 11.5 Å². The van der Waals surface area contributed by atoms with Crippen molar-refractivity contribution in [1.29, 1.82) is 0 Å². The number of fused-ring (bicyclic) bond motifs is 1. The fraction of sp³-hybridized carbons (Fsp3) is 0.600. The first-order chi connectivity index (χ1) is 15.6. The molecule has 3 heterocycles. The van der Waals surface area contributed by atoms with Crippen molar-refractivity contribution >= 4 is 11.7 Å². The highest BCUT2D eigenvalue weighted by atomic mass is 16.5. The molecule has 1 aliphatic carbocycles. The fourth-order valence-corrected chi connectivity index (χ4v) is 5.49. The molecule has 1 saturated heterocycles. The third-order valence-electron chi connectivity index (χ3n) is 7.39. The molecule has 7 nitrogen and oxygen atoms in total. The monoisotopic (exact) mass is 440 g/mol. The summed E-state index contributed by atoms with van der Waals surface area (Å²) in [5.41, 5.74) is 2.67. The standard InChI is InChI=1S/C25H32N2O5/c1-16-3-5-17(6-4-16)22-21-23(28)19-8-7-18(30-2)15-20(19)32-24(21)25(29)27(22)10-9-26-11-13-31-14-12-26/h3-6,18-20,22H,7-15H2,1-2H3. The van der Waals surface area contributed by atoms with Crippen molar-refractivity contribution in [2.75, 3.05) is 46.5 Å². The predicted octanol–water partition coefficient (Wildman–Crippen LogP) is 2.25. The average Bonchev–Trinajstić information content (AvgIpc) is 3.10. The Hall–Kier alpha value is -2.22. The van der Waals surface area contributed by atoms with Crippen LogP contribution in [0, 0.1) is 12.8 Å². The molecule has 4 aliphatic rings. The molecule has 5 rings (SSSR count). The average molecular weight is 441 g/mol. The Morgan fingerprint density at radius 2 is 1.81 bits per heavy atom. The molecule has 4 atom stereocenters. The van der Waals surface area contributed by atoms with Crippen molar-refractivity contribution in [1.82, 2.24) is 9.80 Å². The van der Waals surface area contributed by atoms with Crippen LogP contribution < -0.4 is 0 Å². The maximum atomic E-state index is 13.7. The number of morpholine rings is 1. The van der Waals surface area contributed by atoms with Crippen molar-refractivity contribution in [3.63, 3.8) is 0 Å². The summed E-state index contributed by atoms with van der Waals surface area (Å²) in [4.78, 5) is 31.4. The second-order valence-electron chi connectivity index (χ2n) is 9.31. The summed E-state index contributed by atoms with van der Waals surface area (Å²) in [5, 5.41) is 0. The molecule has 0 radical (unpaired) electrons. The van der Waals surface area contributed by atoms with Gasteiger partial charge in [0.25, 0.3) is 5.91 Å². The Labute approximate surface area is 189 Å². The quantitative estimate of drug-likeness (QED) is 0.700. The number of benzene rings is 1. The molecule has 1 aromatic carbocycles. The van der Waals surface area contributed by atoms with Gasteiger partial charge in [0, 0.05) is 39.7 Å². The molecule has 7 heteroatoms. The number of carbonyl (C=O) groups is 2. The van der Waals surface area contributed by atoms with Crippen LogP contribution in [0.3, 0.4) is 0 Å². The Kier molecular flexibility index (Phi) is 6.05. The molecular formula is C25H32N2O5. The fourth-order valence-electron chi connectivity index (χ4n) is 5.49. The second-order valence-corrected chi connectivity index (χ2v) is 9.31. The Morgan fingerprint density at radius 3 is 2.53 bits per heavy atom. The van der Waals surface area contributed by atoms with E-state index in [9.17, 15) is 9.59 Å². The maximum absolute atomic E-state index is 13.7. The largest absolute Gasteiger partial charge is 0.483 e. The van der Waals surface area contributed by atoms with E-state index in [1.165, 1.54) is 0 Å². The Bertz CT molecular complexity index is 905. The molecule has 32 heavy (non-hydrogen) atoms. The van der Waals surface area contributed by atoms with Crippen LogP contribution in [0.2, 0.25) is 0 Å². The van der Waals surface area contributed by atoms with Gasteiger partial charge in [-0.2, -0.15) is 0 Å². The van der Waals surface area contributed by atoms with E-state index in [1.807, 2.05) is 36.1 Å². The maximum Gasteiger partial charge on any atom is 0.290 e. The molecule has 0 bridgehead atoms. The van der Waals surface area contributed by atoms with Gasteiger partial charge in [0.05, 0.1) is 36.9 Å². The molecule has 1 amide bonds. The van der Waals surface area contributed by atoms with E-state index in [2.05, 4.69) is 4.90 Å². The van der Waals surface area contributed by atoms with Gasteiger partial charge in [0.1, 0.15) is 6.10 Å². The van der Waals surface area contributed by atoms with Crippen LogP contribution in [-0.4, -0.2) is 80.2 Å². The van der Waals surface area contributed by atoms with Gasteiger partial charge in [-0.15, -0.1) is 0 Å². The number of amides is 1. The topological polar surface area (TPSA) is 68.3 Å². The first kappa shape index (κ1) is 21.6. The van der Waals surface area contributed by atoms with Crippen LogP contribution >= 0.6 is 0 Å². The van der Waals surface area contributed by atoms with Crippen LogP contribution in [0.1, 0.15) is 36.4 Å². The minimum absolute atomic E-state index is 0.0769. The number of ketones is 1. The minimum atomic E-state index is -0.382. The van der Waals surface area contributed by atoms with E-state index in [0.717, 1.165) is 56.8 Å². The van der Waals surface area contributed by atoms with Gasteiger partial charge in [-0.3, -0.25) is 14.5 Å². The second kappa shape index (κ2) is 8.96. The third-order valence-corrected chi connectivity index (χ3v) is 7.39. The summed E-state index contributed by atoms with van der Waals surface area (Å²) in [6, 6.07) is 7.77. The predicted molar refractivity (Wildman–Crippen MR) is 118 cm³/mol. The smallest absolute Gasteiger partial charge is 0.290 e. The molecule has 172 valence electrons. The molecular weight excluding hydrogens is 408 g/mol. The summed E-state index contributed by atoms with van der Waals surface area (Å²) >= 11 is 0. The summed E-state index contributed by atoms with van der Waals surface area (Å²) in [7, 11) is 1.70. The Balaban J connectivity index is 1.45. The van der Waals surface area contributed by atoms with Crippen LogP contribution in [0.25, 0.3) is 0 Å². The lowest BCUT2D eigenvalue weighted by Crippen LogP contribution is -2.43. The molecule has 1 saturated carbocycles. The number of methoxy groups -OCH3 is 1. The van der Waals surface area contributed by atoms with Crippen molar-refractivity contribution in [2.45, 2.75) is 44.4 Å². The zero-order chi connectivity index (χ0) is 22.2. The molecule has 0 spiro atoms. The molecule has 3 aliphatic heterocycles. The SMILES string of the molecule is COC1CCC2C(=O)C3=C(OC2C1)C(=O)N(CCN1CCOCC1)C3c1ccc(C)cc1. The van der Waals surface area contributed by atoms with E-state index in [4.69, 9.17) is 14.2 Å². The number of carbonyl (C=O) groups excluding carboxylic acids is 2. The molecule has 1 aromatic rings. The third kappa shape index (κ3) is 3.87. The number of aryl methyl sites for hydroxylation is 1. The number of rotatable bonds is 5. The summed E-state index contributed by atoms with van der Waals surface area (Å²) in [6.07, 6.45) is 2.04. The van der Waals surface area contributed by atoms with Crippen molar-refractivity contribution in [3.05, 3.63) is 46.7 Å². The lowest BCUT2D eigenvalue weighted by atomic mass is 9.76. The van der Waals surface area contributed by atoms with Crippen LogP contribution in [0.5, 0.6) is 0 Å². The molecule has 4 unspecified atom stereocenters. The van der Waals surface area contributed by atoms with Gasteiger partial charge in [-0.05, 0) is 25.3 Å². The Morgan fingerprint density at radius 1 is 1.06 bits per heavy atom. The highest BCUT2D eigenvalue weighted by Gasteiger charge is 2.52. The number of hydrogen-bond acceptors (Lipinski definition) is 6. The van der Waals surface area contributed by atoms with E-state index in [1.54, 1.807) is 7.11 Å². The summed E-state index contributed by atoms with van der Waals surface area (Å²) < 4.78 is 17.3. The van der Waals surface area contributed by atoms with Gasteiger partial charge in [0.2, 0.25) is 0 Å². The van der Waals surface area contributed by atoms with Crippen molar-refractivity contribution in [2.24, 2.45) is 5.92 Å². The number of hydrogen-bond donors (Lipinski definition) is 0. The van der Waals surface area contributed by atoms with E-state index >= 15 is 0 Å². The normalized spacial score (nSPS) is 30.9. The van der Waals surface area contributed by atoms with Crippen molar-refractivity contribution < 1.29 is 23.8 Å². The van der Waals surface area contributed by atoms with Crippen LogP contribution in [-0.2, 0) is 23.8 Å². The number of nitrogens with zero attached hydrogens (tertiary/aromatic N) is 2. The minimum Gasteiger partial charge on any atom is -0.483 e. The first-order valence-corrected chi connectivity index (χ1v) is 11.7. The van der Waals surface area contributed by atoms with Gasteiger partial charge in [-0.25, -0.2) is 0 Å². The van der Waals surface area contributed by atoms with Crippen molar-refractivity contribution in [3.8, 4) is 0 Å². The zero-order valence-electron chi connectivity index (χ0n) is 18.9. The summed E-state index contributed by atoms with van der Waals surface area (Å²) in [6.45, 7) is 6.51. The molecule has 0 aromatic heterocycles. The lowest BCUT2D eigenvalue weighted by molar-refractivity contribution is -0.138. The molecule has 2 fully saturated rings. The van der Waals surface area contributed by atoms with E-state index in [0.29, 0.717) is 18.5 Å². The van der Waals surface area contributed by atoms with E-state index in [-0.39, 0.29) is 41.6 Å². The zero-order valence-corrected chi connectivity index (χ0v) is 18.9. The van der Waals surface area contributed by atoms with Gasteiger partial charge in [-0.1, -0.05) is 29.8 Å². The molecule has 0 N–H and O–H groups in total. The highest BCUT2D eigenvalue weighted by molar-refractivity contribution is 6.11.